The number of pyridine rings is 2. The fourth-order valence-corrected chi connectivity index (χ4v) is 7.25. The van der Waals surface area contributed by atoms with E-state index in [0.29, 0.717) is 43.4 Å². The number of nitrogens with two attached hydrogens (primary N) is 1. The van der Waals surface area contributed by atoms with E-state index in [4.69, 9.17) is 31.4 Å². The molecule has 0 radical (unpaired) electrons. The first kappa shape index (κ1) is 32.9. The average Bonchev–Trinajstić information content (AvgIpc) is 3.91. The second-order valence-corrected chi connectivity index (χ2v) is 13.7. The second kappa shape index (κ2) is 12.8. The minimum absolute atomic E-state index is 0.00482. The number of halogens is 2. The summed E-state index contributed by atoms with van der Waals surface area (Å²) in [6.45, 7) is 8.50. The smallest absolute Gasteiger partial charge is 0.319 e. The lowest BCUT2D eigenvalue weighted by Gasteiger charge is -2.32. The van der Waals surface area contributed by atoms with Crippen LogP contribution in [0.2, 0.25) is 0 Å². The summed E-state index contributed by atoms with van der Waals surface area (Å²) in [6, 6.07) is 8.76. The van der Waals surface area contributed by atoms with E-state index in [1.807, 2.05) is 30.9 Å². The number of nitrogens with zero attached hydrogens (tertiary/aromatic N) is 6. The number of nitrogen functional groups attached to an aromatic ring is 1. The van der Waals surface area contributed by atoms with Crippen molar-refractivity contribution >= 4 is 33.3 Å². The molecule has 2 aromatic carbocycles. The van der Waals surface area contributed by atoms with Crippen LogP contribution in [-0.4, -0.2) is 82.0 Å². The molecule has 5 aromatic rings. The molecule has 2 aliphatic heterocycles. The summed E-state index contributed by atoms with van der Waals surface area (Å²) in [5.74, 6) is 1.51. The Balaban J connectivity index is 1.31. The maximum absolute atomic E-state index is 17.2. The first-order chi connectivity index (χ1) is 24.6. The zero-order valence-corrected chi connectivity index (χ0v) is 28.3. The molecule has 2 atom stereocenters. The molecule has 1 saturated carbocycles. The predicted octanol–water partition coefficient (Wildman–Crippen LogP) is 5.63. The number of hydrogen-bond donors (Lipinski definition) is 2. The Morgan fingerprint density at radius 1 is 1.14 bits per heavy atom. The van der Waals surface area contributed by atoms with E-state index in [1.54, 1.807) is 6.20 Å². The van der Waals surface area contributed by atoms with Crippen LogP contribution in [0.1, 0.15) is 43.9 Å². The fourth-order valence-electron chi connectivity index (χ4n) is 7.25. The van der Waals surface area contributed by atoms with Gasteiger partial charge in [0.1, 0.15) is 45.9 Å². The van der Waals surface area contributed by atoms with E-state index >= 15 is 8.78 Å². The Bertz CT molecular complexity index is 2220. The highest BCUT2D eigenvalue weighted by Crippen LogP contribution is 2.48. The van der Waals surface area contributed by atoms with E-state index < -0.39 is 17.7 Å². The third kappa shape index (κ3) is 5.98. The van der Waals surface area contributed by atoms with Crippen LogP contribution in [0.3, 0.4) is 0 Å². The van der Waals surface area contributed by atoms with Crippen LogP contribution in [0.25, 0.3) is 32.9 Å². The normalized spacial score (nSPS) is 19.0. The molecule has 0 bridgehead atoms. The average molecular weight is 694 g/mol. The van der Waals surface area contributed by atoms with Crippen molar-refractivity contribution in [1.82, 2.24) is 24.8 Å². The number of terminal acetylenes is 1. The Hall–Kier alpha value is -5.32. The number of benzene rings is 2. The summed E-state index contributed by atoms with van der Waals surface area (Å²) in [6.07, 6.45) is 8.90. The summed E-state index contributed by atoms with van der Waals surface area (Å²) in [5, 5.41) is 11.6. The molecule has 5 heterocycles. The second-order valence-electron chi connectivity index (χ2n) is 13.7. The zero-order chi connectivity index (χ0) is 35.4. The van der Waals surface area contributed by atoms with Crippen molar-refractivity contribution in [2.24, 2.45) is 5.41 Å². The van der Waals surface area contributed by atoms with Gasteiger partial charge in [0.25, 0.3) is 0 Å². The molecule has 3 aliphatic rings. The fraction of sp³-hybridized carbons (Fsp3) is 0.368. The molecule has 262 valence electrons. The molecule has 0 amide bonds. The monoisotopic (exact) mass is 693 g/mol. The van der Waals surface area contributed by atoms with Crippen LogP contribution in [0.5, 0.6) is 17.6 Å². The summed E-state index contributed by atoms with van der Waals surface area (Å²) >= 11 is 0. The molecule has 13 heteroatoms. The lowest BCUT2D eigenvalue weighted by atomic mass is 9.95. The van der Waals surface area contributed by atoms with Crippen molar-refractivity contribution in [3.63, 3.8) is 0 Å². The van der Waals surface area contributed by atoms with Crippen molar-refractivity contribution in [2.75, 3.05) is 56.6 Å². The van der Waals surface area contributed by atoms with E-state index in [2.05, 4.69) is 25.8 Å². The zero-order valence-electron chi connectivity index (χ0n) is 28.3. The van der Waals surface area contributed by atoms with Gasteiger partial charge in [-0.25, -0.2) is 18.7 Å². The largest absolute Gasteiger partial charge is 0.508 e. The maximum Gasteiger partial charge on any atom is 0.319 e. The van der Waals surface area contributed by atoms with Gasteiger partial charge >= 0.3 is 6.01 Å². The molecule has 51 heavy (non-hydrogen) atoms. The number of morpholine rings is 1. The Kier molecular flexibility index (Phi) is 8.23. The lowest BCUT2D eigenvalue weighted by Crippen LogP contribution is -2.41. The molecule has 8 rings (SSSR count). The molecule has 0 spiro atoms. The number of phenolic OH excluding ortho intramolecular Hbond substituents is 1. The number of anilines is 2. The molecule has 3 aromatic heterocycles. The minimum atomic E-state index is -0.831. The van der Waals surface area contributed by atoms with Crippen molar-refractivity contribution in [3.05, 3.63) is 65.4 Å². The molecule has 3 N–H and O–H groups in total. The number of fused-ring (bicyclic) bond motifs is 1. The predicted molar refractivity (Wildman–Crippen MR) is 189 cm³/mol. The van der Waals surface area contributed by atoms with Crippen molar-refractivity contribution in [3.8, 4) is 41.2 Å². The number of ether oxygens (including phenoxy) is 3. The van der Waals surface area contributed by atoms with Crippen molar-refractivity contribution in [2.45, 2.75) is 38.8 Å². The standard InChI is InChI=1S/C38H37F2N7O4/c1-4-25-28(39)8-7-23-16-24(48)17-27(29(23)25)32-31(40)33-30-35(45-37(44-33)50-20-38(9-10-38)19-46-12-14-49-15-13-46)47(18-21(2)51-36(30)43-32)22(3)26-6-5-11-42-34(26)41/h1,5-8,11,16-17,21-22,48H,9-10,12-15,18-20H2,2-3H3,(H2,41,42)/t21-,22?/m0/s1. The van der Waals surface area contributed by atoms with E-state index in [9.17, 15) is 5.11 Å². The first-order valence-electron chi connectivity index (χ1n) is 17.0. The summed E-state index contributed by atoms with van der Waals surface area (Å²) in [7, 11) is 0. The van der Waals surface area contributed by atoms with Crippen LogP contribution in [0.15, 0.2) is 42.6 Å². The summed E-state index contributed by atoms with van der Waals surface area (Å²) in [4.78, 5) is 22.9. The van der Waals surface area contributed by atoms with Gasteiger partial charge in [0.15, 0.2) is 5.82 Å². The van der Waals surface area contributed by atoms with Gasteiger partial charge < -0.3 is 30.0 Å². The van der Waals surface area contributed by atoms with Crippen LogP contribution in [0.4, 0.5) is 20.4 Å². The number of phenols is 1. The highest BCUT2D eigenvalue weighted by atomic mass is 19.1. The van der Waals surface area contributed by atoms with E-state index in [0.717, 1.165) is 38.0 Å². The van der Waals surface area contributed by atoms with Gasteiger partial charge in [-0.1, -0.05) is 18.1 Å². The first-order valence-corrected chi connectivity index (χ1v) is 17.0. The minimum Gasteiger partial charge on any atom is -0.508 e. The third-order valence-corrected chi connectivity index (χ3v) is 10.1. The molecular weight excluding hydrogens is 656 g/mol. The Morgan fingerprint density at radius 2 is 1.94 bits per heavy atom. The van der Waals surface area contributed by atoms with Gasteiger partial charge in [-0.2, -0.15) is 9.97 Å². The summed E-state index contributed by atoms with van der Waals surface area (Å²) in [5.41, 5.74) is 6.71. The number of aromatic nitrogens is 4. The van der Waals surface area contributed by atoms with Crippen molar-refractivity contribution < 1.29 is 28.1 Å². The maximum atomic E-state index is 17.2. The van der Waals surface area contributed by atoms with Crippen molar-refractivity contribution in [1.29, 1.82) is 0 Å². The number of rotatable bonds is 8. The Labute approximate surface area is 293 Å². The molecule has 1 saturated heterocycles. The van der Waals surface area contributed by atoms with Gasteiger partial charge in [-0.3, -0.25) is 4.90 Å². The summed E-state index contributed by atoms with van der Waals surface area (Å²) < 4.78 is 50.6. The quantitative estimate of drug-likeness (QED) is 0.196. The third-order valence-electron chi connectivity index (χ3n) is 10.1. The molecule has 1 aliphatic carbocycles. The number of hydrogen-bond acceptors (Lipinski definition) is 11. The van der Waals surface area contributed by atoms with Gasteiger partial charge in [0, 0.05) is 47.8 Å². The molecule has 2 fully saturated rings. The van der Waals surface area contributed by atoms with Gasteiger partial charge in [0.2, 0.25) is 5.88 Å². The molecule has 11 nitrogen and oxygen atoms in total. The lowest BCUT2D eigenvalue weighted by molar-refractivity contribution is 0.0231. The van der Waals surface area contributed by atoms with Crippen LogP contribution < -0.4 is 20.1 Å². The highest BCUT2D eigenvalue weighted by Gasteiger charge is 2.45. The molecule has 1 unspecified atom stereocenters. The van der Waals surface area contributed by atoms with Crippen LogP contribution in [-0.2, 0) is 4.74 Å². The van der Waals surface area contributed by atoms with E-state index in [1.165, 1.54) is 24.3 Å². The van der Waals surface area contributed by atoms with Gasteiger partial charge in [0.05, 0.1) is 38.0 Å². The molecular formula is C38H37F2N7O4. The number of aromatic hydroxyl groups is 1. The van der Waals surface area contributed by atoms with E-state index in [-0.39, 0.29) is 62.2 Å². The van der Waals surface area contributed by atoms with Gasteiger partial charge in [-0.05, 0) is 56.3 Å². The topological polar surface area (TPSA) is 132 Å². The SMILES string of the molecule is C#Cc1c(F)ccc2cc(O)cc(-c3nc4c5c(nc(OCC6(CN7CCOCC7)CC6)nc5c3F)N(C(C)c3cccnc3N)C[C@H](C)O4)c12. The van der Waals surface area contributed by atoms with Crippen LogP contribution in [0, 0.1) is 29.4 Å². The van der Waals surface area contributed by atoms with Gasteiger partial charge in [-0.15, -0.1) is 6.42 Å². The Morgan fingerprint density at radius 3 is 2.69 bits per heavy atom. The highest BCUT2D eigenvalue weighted by molar-refractivity contribution is 6.04. The van der Waals surface area contributed by atoms with Crippen LogP contribution >= 0.6 is 0 Å².